The van der Waals surface area contributed by atoms with Crippen LogP contribution in [0, 0.1) is 6.92 Å². The lowest BCUT2D eigenvalue weighted by Crippen LogP contribution is -2.40. The van der Waals surface area contributed by atoms with E-state index in [1.54, 1.807) is 20.8 Å². The Bertz CT molecular complexity index is 716. The monoisotopic (exact) mass is 315 g/mol. The van der Waals surface area contributed by atoms with E-state index in [0.717, 1.165) is 16.1 Å². The van der Waals surface area contributed by atoms with Crippen molar-refractivity contribution in [3.63, 3.8) is 0 Å². The number of hydrogen-bond acceptors (Lipinski definition) is 4. The minimum atomic E-state index is -0.368. The summed E-state index contributed by atoms with van der Waals surface area (Å²) in [5, 5.41) is 0.777. The standard InChI is InChI=1S/C16H17N3O2S/c1-10(2)9-13(20)18-19-15(21)14-11(3)17-16(22-14)12-7-5-4-6-8-12/h4-9H,1-3H3,(H,18,20)(H,19,21). The quantitative estimate of drug-likeness (QED) is 0.676. The highest BCUT2D eigenvalue weighted by atomic mass is 32.1. The highest BCUT2D eigenvalue weighted by Crippen LogP contribution is 2.27. The Balaban J connectivity index is 2.10. The minimum absolute atomic E-state index is 0.362. The van der Waals surface area contributed by atoms with Gasteiger partial charge < -0.3 is 0 Å². The van der Waals surface area contributed by atoms with Crippen LogP contribution in [0.1, 0.15) is 29.2 Å². The smallest absolute Gasteiger partial charge is 0.268 e. The number of nitrogens with one attached hydrogen (secondary N) is 2. The highest BCUT2D eigenvalue weighted by Gasteiger charge is 2.16. The molecule has 0 saturated heterocycles. The maximum atomic E-state index is 12.1. The molecule has 22 heavy (non-hydrogen) atoms. The average molecular weight is 315 g/mol. The van der Waals surface area contributed by atoms with Crippen molar-refractivity contribution in [3.05, 3.63) is 52.6 Å². The van der Waals surface area contributed by atoms with E-state index < -0.39 is 0 Å². The number of amides is 2. The first-order chi connectivity index (χ1) is 10.5. The molecule has 1 aromatic heterocycles. The van der Waals surface area contributed by atoms with E-state index in [-0.39, 0.29) is 11.8 Å². The first kappa shape index (κ1) is 15.9. The number of carbonyl (C=O) groups excluding carboxylic acids is 2. The molecule has 0 radical (unpaired) electrons. The van der Waals surface area contributed by atoms with Crippen molar-refractivity contribution in [1.29, 1.82) is 0 Å². The normalized spacial score (nSPS) is 9.95. The fourth-order valence-electron chi connectivity index (χ4n) is 1.78. The third-order valence-corrected chi connectivity index (χ3v) is 3.95. The lowest BCUT2D eigenvalue weighted by Gasteiger charge is -2.04. The summed E-state index contributed by atoms with van der Waals surface area (Å²) < 4.78 is 0. The van der Waals surface area contributed by atoms with Crippen LogP contribution in [-0.4, -0.2) is 16.8 Å². The third kappa shape index (κ3) is 4.02. The van der Waals surface area contributed by atoms with Crippen molar-refractivity contribution < 1.29 is 9.59 Å². The number of aryl methyl sites for hydroxylation is 1. The summed E-state index contributed by atoms with van der Waals surface area (Å²) in [5.41, 5.74) is 7.20. The summed E-state index contributed by atoms with van der Waals surface area (Å²) in [5.74, 6) is -0.730. The van der Waals surface area contributed by atoms with Crippen LogP contribution in [0.4, 0.5) is 0 Å². The predicted octanol–water partition coefficient (Wildman–Crippen LogP) is 2.85. The second kappa shape index (κ2) is 7.00. The van der Waals surface area contributed by atoms with Gasteiger partial charge in [0.2, 0.25) is 0 Å². The summed E-state index contributed by atoms with van der Waals surface area (Å²) in [6.07, 6.45) is 1.41. The van der Waals surface area contributed by atoms with E-state index in [1.807, 2.05) is 30.3 Å². The van der Waals surface area contributed by atoms with Gasteiger partial charge in [0.15, 0.2) is 0 Å². The van der Waals surface area contributed by atoms with Crippen LogP contribution in [0.5, 0.6) is 0 Å². The molecule has 0 bridgehead atoms. The number of nitrogens with zero attached hydrogens (tertiary/aromatic N) is 1. The number of aromatic nitrogens is 1. The zero-order valence-electron chi connectivity index (χ0n) is 12.6. The first-order valence-electron chi connectivity index (χ1n) is 6.75. The van der Waals surface area contributed by atoms with Crippen LogP contribution in [-0.2, 0) is 4.79 Å². The van der Waals surface area contributed by atoms with Gasteiger partial charge in [-0.3, -0.25) is 20.4 Å². The van der Waals surface area contributed by atoms with E-state index in [4.69, 9.17) is 0 Å². The molecule has 1 heterocycles. The van der Waals surface area contributed by atoms with Gasteiger partial charge in [-0.1, -0.05) is 35.9 Å². The minimum Gasteiger partial charge on any atom is -0.268 e. The van der Waals surface area contributed by atoms with Gasteiger partial charge >= 0.3 is 0 Å². The van der Waals surface area contributed by atoms with Gasteiger partial charge in [-0.25, -0.2) is 4.98 Å². The summed E-state index contributed by atoms with van der Waals surface area (Å²) >= 11 is 1.30. The molecule has 0 atom stereocenters. The topological polar surface area (TPSA) is 71.1 Å². The fourth-order valence-corrected chi connectivity index (χ4v) is 2.75. The van der Waals surface area contributed by atoms with Crippen molar-refractivity contribution in [2.45, 2.75) is 20.8 Å². The molecule has 0 unspecified atom stereocenters. The molecule has 6 heteroatoms. The molecule has 2 amide bonds. The Labute approximate surface area is 133 Å². The van der Waals surface area contributed by atoms with Gasteiger partial charge in [-0.2, -0.15) is 0 Å². The second-order valence-electron chi connectivity index (χ2n) is 4.96. The molecular formula is C16H17N3O2S. The molecule has 114 valence electrons. The van der Waals surface area contributed by atoms with Crippen molar-refractivity contribution >= 4 is 23.2 Å². The Kier molecular flexibility index (Phi) is 5.06. The second-order valence-corrected chi connectivity index (χ2v) is 5.96. The first-order valence-corrected chi connectivity index (χ1v) is 7.57. The molecule has 2 rings (SSSR count). The molecule has 2 aromatic rings. The molecule has 0 aliphatic rings. The van der Waals surface area contributed by atoms with Crippen molar-refractivity contribution in [2.24, 2.45) is 0 Å². The average Bonchev–Trinajstić information content (AvgIpc) is 2.87. The highest BCUT2D eigenvalue weighted by molar-refractivity contribution is 7.17. The van der Waals surface area contributed by atoms with Crippen molar-refractivity contribution in [3.8, 4) is 10.6 Å². The number of allylic oxidation sites excluding steroid dienone is 1. The molecule has 0 aliphatic carbocycles. The van der Waals surface area contributed by atoms with Crippen LogP contribution >= 0.6 is 11.3 Å². The van der Waals surface area contributed by atoms with Crippen molar-refractivity contribution in [1.82, 2.24) is 15.8 Å². The Morgan fingerprint density at radius 1 is 1.14 bits per heavy atom. The fraction of sp³-hybridized carbons (Fsp3) is 0.188. The molecule has 0 fully saturated rings. The lowest BCUT2D eigenvalue weighted by molar-refractivity contribution is -0.117. The summed E-state index contributed by atoms with van der Waals surface area (Å²) in [7, 11) is 0. The number of hydrazine groups is 1. The van der Waals surface area contributed by atoms with Gasteiger partial charge in [0.1, 0.15) is 9.88 Å². The summed E-state index contributed by atoms with van der Waals surface area (Å²) in [4.78, 5) is 28.5. The van der Waals surface area contributed by atoms with Crippen LogP contribution in [0.2, 0.25) is 0 Å². The Hall–Kier alpha value is -2.47. The molecule has 0 aliphatic heterocycles. The number of rotatable bonds is 3. The van der Waals surface area contributed by atoms with Crippen LogP contribution < -0.4 is 10.9 Å². The number of carbonyl (C=O) groups is 2. The maximum absolute atomic E-state index is 12.1. The molecule has 0 spiro atoms. The summed E-state index contributed by atoms with van der Waals surface area (Å²) in [6.45, 7) is 5.39. The number of thiazole rings is 1. The van der Waals surface area contributed by atoms with Crippen LogP contribution in [0.3, 0.4) is 0 Å². The zero-order chi connectivity index (χ0) is 16.1. The zero-order valence-corrected chi connectivity index (χ0v) is 13.5. The molecular weight excluding hydrogens is 298 g/mol. The van der Waals surface area contributed by atoms with Gasteiger partial charge in [-0.15, -0.1) is 11.3 Å². The van der Waals surface area contributed by atoms with Crippen LogP contribution in [0.15, 0.2) is 42.0 Å². The third-order valence-electron chi connectivity index (χ3n) is 2.74. The SMILES string of the molecule is CC(C)=CC(=O)NNC(=O)c1sc(-c2ccccc2)nc1C. The number of hydrogen-bond donors (Lipinski definition) is 2. The van der Waals surface area contributed by atoms with Gasteiger partial charge in [0, 0.05) is 11.6 Å². The molecule has 1 aromatic carbocycles. The van der Waals surface area contributed by atoms with Crippen molar-refractivity contribution in [2.75, 3.05) is 0 Å². The van der Waals surface area contributed by atoms with E-state index in [9.17, 15) is 9.59 Å². The number of benzene rings is 1. The molecule has 0 saturated carbocycles. The maximum Gasteiger partial charge on any atom is 0.281 e. The van der Waals surface area contributed by atoms with Crippen LogP contribution in [0.25, 0.3) is 10.6 Å². The van der Waals surface area contributed by atoms with Gasteiger partial charge in [0.25, 0.3) is 11.8 Å². The van der Waals surface area contributed by atoms with E-state index in [0.29, 0.717) is 10.6 Å². The van der Waals surface area contributed by atoms with Gasteiger partial charge in [-0.05, 0) is 20.8 Å². The predicted molar refractivity (Wildman–Crippen MR) is 87.3 cm³/mol. The van der Waals surface area contributed by atoms with E-state index in [1.165, 1.54) is 17.4 Å². The Morgan fingerprint density at radius 3 is 2.45 bits per heavy atom. The molecule has 5 nitrogen and oxygen atoms in total. The van der Waals surface area contributed by atoms with Gasteiger partial charge in [0.05, 0.1) is 5.69 Å². The largest absolute Gasteiger partial charge is 0.281 e. The Morgan fingerprint density at radius 2 is 1.82 bits per heavy atom. The van der Waals surface area contributed by atoms with E-state index in [2.05, 4.69) is 15.8 Å². The van der Waals surface area contributed by atoms with E-state index >= 15 is 0 Å². The summed E-state index contributed by atoms with van der Waals surface area (Å²) in [6, 6.07) is 9.65. The lowest BCUT2D eigenvalue weighted by atomic mass is 10.2. The molecule has 2 N–H and O–H groups in total.